The fourth-order valence-corrected chi connectivity index (χ4v) is 5.12. The molecule has 3 aromatic rings. The fraction of sp³-hybridized carbons (Fsp3) is 0.176. The number of carbonyl (C=O) groups excluding carboxylic acids is 1. The highest BCUT2D eigenvalue weighted by Crippen LogP contribution is 2.32. The molecule has 0 atom stereocenters. The maximum Gasteiger partial charge on any atom is 0.270 e. The van der Waals surface area contributed by atoms with Crippen molar-refractivity contribution in [2.24, 2.45) is 0 Å². The summed E-state index contributed by atoms with van der Waals surface area (Å²) in [6.07, 6.45) is 0. The summed E-state index contributed by atoms with van der Waals surface area (Å²) in [7, 11) is -3.60. The first-order valence-corrected chi connectivity index (χ1v) is 11.5. The molecule has 6 nitrogen and oxygen atoms in total. The van der Waals surface area contributed by atoms with Crippen molar-refractivity contribution in [3.63, 3.8) is 0 Å². The predicted octanol–water partition coefficient (Wildman–Crippen LogP) is 3.54. The van der Waals surface area contributed by atoms with Crippen molar-refractivity contribution in [3.05, 3.63) is 57.4 Å². The lowest BCUT2D eigenvalue weighted by Crippen LogP contribution is -2.34. The molecule has 2 aromatic heterocycles. The number of halogens is 1. The van der Waals surface area contributed by atoms with Crippen LogP contribution in [0, 0.1) is 6.92 Å². The van der Waals surface area contributed by atoms with E-state index in [9.17, 15) is 13.2 Å². The molecule has 0 saturated heterocycles. The summed E-state index contributed by atoms with van der Waals surface area (Å²) < 4.78 is 27.5. The molecule has 142 valence electrons. The molecule has 1 amide bonds. The van der Waals surface area contributed by atoms with Crippen molar-refractivity contribution in [1.82, 2.24) is 15.0 Å². The van der Waals surface area contributed by atoms with Gasteiger partial charge >= 0.3 is 0 Å². The predicted molar refractivity (Wildman–Crippen MR) is 109 cm³/mol. The lowest BCUT2D eigenvalue weighted by Gasteiger charge is -2.07. The first-order chi connectivity index (χ1) is 12.8. The molecule has 0 radical (unpaired) electrons. The molecule has 0 aliphatic carbocycles. The van der Waals surface area contributed by atoms with Crippen LogP contribution in [0.2, 0.25) is 4.34 Å². The third-order valence-corrected chi connectivity index (χ3v) is 7.27. The van der Waals surface area contributed by atoms with E-state index in [2.05, 4.69) is 15.0 Å². The average molecular weight is 442 g/mol. The van der Waals surface area contributed by atoms with E-state index in [0.29, 0.717) is 10.0 Å². The molecular weight excluding hydrogens is 426 g/mol. The summed E-state index contributed by atoms with van der Waals surface area (Å²) in [5, 5.41) is 5.04. The van der Waals surface area contributed by atoms with Crippen LogP contribution in [-0.4, -0.2) is 32.4 Å². The Hall–Kier alpha value is -1.78. The number of sulfonamides is 1. The van der Waals surface area contributed by atoms with Gasteiger partial charge in [0.15, 0.2) is 0 Å². The van der Waals surface area contributed by atoms with Crippen LogP contribution in [0.5, 0.6) is 0 Å². The molecule has 3 rings (SSSR count). The van der Waals surface area contributed by atoms with Gasteiger partial charge in [-0.25, -0.2) is 18.1 Å². The van der Waals surface area contributed by atoms with Crippen LogP contribution in [0.15, 0.2) is 46.7 Å². The minimum absolute atomic E-state index is 0.0828. The van der Waals surface area contributed by atoms with Crippen LogP contribution in [0.25, 0.3) is 9.88 Å². The fourth-order valence-electron chi connectivity index (χ4n) is 2.17. The topological polar surface area (TPSA) is 88.2 Å². The minimum atomic E-state index is -3.60. The molecule has 1 aromatic carbocycles. The molecule has 0 aliphatic heterocycles. The van der Waals surface area contributed by atoms with E-state index in [1.54, 1.807) is 35.7 Å². The highest BCUT2D eigenvalue weighted by Gasteiger charge is 2.15. The lowest BCUT2D eigenvalue weighted by molar-refractivity contribution is 0.0950. The third-order valence-electron chi connectivity index (χ3n) is 3.55. The van der Waals surface area contributed by atoms with Crippen LogP contribution < -0.4 is 10.0 Å². The molecule has 2 N–H and O–H groups in total. The monoisotopic (exact) mass is 441 g/mol. The first kappa shape index (κ1) is 20.0. The highest BCUT2D eigenvalue weighted by molar-refractivity contribution is 7.89. The number of nitrogens with zero attached hydrogens (tertiary/aromatic N) is 1. The van der Waals surface area contributed by atoms with Gasteiger partial charge in [-0.2, -0.15) is 0 Å². The zero-order valence-electron chi connectivity index (χ0n) is 14.2. The van der Waals surface area contributed by atoms with Crippen LogP contribution >= 0.6 is 34.3 Å². The first-order valence-electron chi connectivity index (χ1n) is 7.91. The third kappa shape index (κ3) is 5.14. The van der Waals surface area contributed by atoms with E-state index in [0.717, 1.165) is 15.4 Å². The van der Waals surface area contributed by atoms with E-state index in [1.807, 2.05) is 13.0 Å². The maximum absolute atomic E-state index is 12.2. The molecule has 0 bridgehead atoms. The van der Waals surface area contributed by atoms with Gasteiger partial charge in [0.25, 0.3) is 5.91 Å². The molecule has 0 aliphatic rings. The van der Waals surface area contributed by atoms with E-state index in [4.69, 9.17) is 11.6 Å². The van der Waals surface area contributed by atoms with Gasteiger partial charge in [0, 0.05) is 18.5 Å². The Morgan fingerprint density at radius 1 is 1.15 bits per heavy atom. The second-order valence-electron chi connectivity index (χ2n) is 5.61. The molecule has 0 spiro atoms. The normalized spacial score (nSPS) is 11.5. The lowest BCUT2D eigenvalue weighted by atomic mass is 10.2. The Kier molecular flexibility index (Phi) is 6.28. The standard InChI is InChI=1S/C17H16ClN3O3S3/c1-11-2-4-12(5-3-11)27(23,24)20-9-8-19-16(22)13-10-25-17(21-13)14-6-7-15(18)26-14/h2-7,10,20H,8-9H2,1H3,(H,19,22). The number of amides is 1. The van der Waals surface area contributed by atoms with Crippen molar-refractivity contribution in [2.75, 3.05) is 13.1 Å². The zero-order chi connectivity index (χ0) is 19.4. The summed E-state index contributed by atoms with van der Waals surface area (Å²) >= 11 is 8.66. The second kappa shape index (κ2) is 8.49. The summed E-state index contributed by atoms with van der Waals surface area (Å²) in [6.45, 7) is 2.12. The number of thiophene rings is 1. The number of thiazole rings is 1. The van der Waals surface area contributed by atoms with Crippen molar-refractivity contribution < 1.29 is 13.2 Å². The van der Waals surface area contributed by atoms with E-state index in [1.165, 1.54) is 22.7 Å². The van der Waals surface area contributed by atoms with Crippen LogP contribution in [0.3, 0.4) is 0 Å². The Labute approximate surface area is 170 Å². The van der Waals surface area contributed by atoms with Gasteiger partial charge < -0.3 is 5.32 Å². The Balaban J connectivity index is 1.51. The van der Waals surface area contributed by atoms with E-state index >= 15 is 0 Å². The molecule has 0 unspecified atom stereocenters. The average Bonchev–Trinajstić information content (AvgIpc) is 3.28. The molecule has 0 fully saturated rings. The number of hydrogen-bond acceptors (Lipinski definition) is 6. The summed E-state index contributed by atoms with van der Waals surface area (Å²) in [5.74, 6) is -0.352. The molecule has 0 saturated carbocycles. The van der Waals surface area contributed by atoms with Gasteiger partial charge in [-0.05, 0) is 31.2 Å². The Morgan fingerprint density at radius 2 is 1.89 bits per heavy atom. The van der Waals surface area contributed by atoms with Gasteiger partial charge in [-0.15, -0.1) is 22.7 Å². The molecule has 2 heterocycles. The number of rotatable bonds is 7. The smallest absolute Gasteiger partial charge is 0.270 e. The maximum atomic E-state index is 12.2. The number of aryl methyl sites for hydroxylation is 1. The Bertz CT molecular complexity index is 1040. The van der Waals surface area contributed by atoms with Gasteiger partial charge in [0.1, 0.15) is 10.7 Å². The highest BCUT2D eigenvalue weighted by atomic mass is 35.5. The van der Waals surface area contributed by atoms with Crippen molar-refractivity contribution in [2.45, 2.75) is 11.8 Å². The van der Waals surface area contributed by atoms with E-state index in [-0.39, 0.29) is 23.9 Å². The Morgan fingerprint density at radius 3 is 2.56 bits per heavy atom. The number of benzene rings is 1. The number of aromatic nitrogens is 1. The van der Waals surface area contributed by atoms with Crippen LogP contribution in [0.4, 0.5) is 0 Å². The molecule has 27 heavy (non-hydrogen) atoms. The van der Waals surface area contributed by atoms with Crippen LogP contribution in [0.1, 0.15) is 16.1 Å². The largest absolute Gasteiger partial charge is 0.349 e. The SMILES string of the molecule is Cc1ccc(S(=O)(=O)NCCNC(=O)c2csc(-c3ccc(Cl)s3)n2)cc1. The van der Waals surface area contributed by atoms with Gasteiger partial charge in [-0.3, -0.25) is 4.79 Å². The number of hydrogen-bond donors (Lipinski definition) is 2. The minimum Gasteiger partial charge on any atom is -0.349 e. The quantitative estimate of drug-likeness (QED) is 0.549. The van der Waals surface area contributed by atoms with Gasteiger partial charge in [-0.1, -0.05) is 29.3 Å². The molecule has 10 heteroatoms. The summed E-state index contributed by atoms with van der Waals surface area (Å²) in [5.41, 5.74) is 1.27. The summed E-state index contributed by atoms with van der Waals surface area (Å²) in [6, 6.07) is 10.2. The van der Waals surface area contributed by atoms with Gasteiger partial charge in [0.2, 0.25) is 10.0 Å². The van der Waals surface area contributed by atoms with Crippen LogP contribution in [-0.2, 0) is 10.0 Å². The second-order valence-corrected chi connectivity index (χ2v) is 9.95. The number of carbonyl (C=O) groups is 1. The van der Waals surface area contributed by atoms with Gasteiger partial charge in [0.05, 0.1) is 14.1 Å². The van der Waals surface area contributed by atoms with E-state index < -0.39 is 10.0 Å². The van der Waals surface area contributed by atoms with Crippen molar-refractivity contribution in [3.8, 4) is 9.88 Å². The van der Waals surface area contributed by atoms with Crippen molar-refractivity contribution >= 4 is 50.2 Å². The molecular formula is C17H16ClN3O3S3. The zero-order valence-corrected chi connectivity index (χ0v) is 17.4. The van der Waals surface area contributed by atoms with Crippen molar-refractivity contribution in [1.29, 1.82) is 0 Å². The number of nitrogens with one attached hydrogen (secondary N) is 2. The summed E-state index contributed by atoms with van der Waals surface area (Å²) in [4.78, 5) is 17.5.